The summed E-state index contributed by atoms with van der Waals surface area (Å²) in [6.45, 7) is 2.50. The molecule has 6 rings (SSSR count). The predicted molar refractivity (Wildman–Crippen MR) is 141 cm³/mol. The summed E-state index contributed by atoms with van der Waals surface area (Å²) in [4.78, 5) is 20.8. The molecule has 0 bridgehead atoms. The van der Waals surface area contributed by atoms with Crippen molar-refractivity contribution >= 4 is 34.4 Å². The van der Waals surface area contributed by atoms with Gasteiger partial charge in [-0.3, -0.25) is 9.36 Å². The molecular weight excluding hydrogens is 476 g/mol. The van der Waals surface area contributed by atoms with Crippen LogP contribution in [0.1, 0.15) is 41.0 Å². The second-order valence-electron chi connectivity index (χ2n) is 8.47. The van der Waals surface area contributed by atoms with Gasteiger partial charge in [-0.25, -0.2) is 4.99 Å². The van der Waals surface area contributed by atoms with E-state index >= 15 is 0 Å². The Morgan fingerprint density at radius 3 is 2.80 bits per heavy atom. The first-order valence-electron chi connectivity index (χ1n) is 11.6. The van der Waals surface area contributed by atoms with Crippen LogP contribution in [0.15, 0.2) is 75.3 Å². The van der Waals surface area contributed by atoms with Crippen LogP contribution in [-0.4, -0.2) is 18.3 Å². The lowest BCUT2D eigenvalue weighted by molar-refractivity contribution is 0.311. The van der Waals surface area contributed by atoms with E-state index in [9.17, 15) is 4.79 Å². The largest absolute Gasteiger partial charge is 0.493 e. The number of benzene rings is 2. The molecular formula is C28H24N2O3S2. The summed E-state index contributed by atoms with van der Waals surface area (Å²) in [5.41, 5.74) is 5.64. The van der Waals surface area contributed by atoms with Gasteiger partial charge in [-0.05, 0) is 66.1 Å². The molecule has 1 aliphatic heterocycles. The Hall–Kier alpha value is -3.42. The van der Waals surface area contributed by atoms with Gasteiger partial charge in [0.1, 0.15) is 0 Å². The fourth-order valence-corrected chi connectivity index (χ4v) is 6.77. The van der Waals surface area contributed by atoms with Crippen molar-refractivity contribution in [3.05, 3.63) is 107 Å². The highest BCUT2D eigenvalue weighted by Gasteiger charge is 2.32. The van der Waals surface area contributed by atoms with Crippen LogP contribution in [0.4, 0.5) is 0 Å². The maximum atomic E-state index is 13.8. The van der Waals surface area contributed by atoms with Gasteiger partial charge in [0.15, 0.2) is 16.3 Å². The van der Waals surface area contributed by atoms with Crippen molar-refractivity contribution in [1.82, 2.24) is 4.57 Å². The van der Waals surface area contributed by atoms with E-state index in [0.29, 0.717) is 22.6 Å². The first-order valence-corrected chi connectivity index (χ1v) is 13.3. The molecule has 4 aromatic rings. The number of hydrogen-bond acceptors (Lipinski definition) is 6. The molecule has 0 N–H and O–H groups in total. The zero-order valence-electron chi connectivity index (χ0n) is 19.5. The fourth-order valence-electron chi connectivity index (χ4n) is 4.92. The molecule has 176 valence electrons. The number of hydrogen-bond donors (Lipinski definition) is 0. The minimum Gasteiger partial charge on any atom is -0.493 e. The van der Waals surface area contributed by atoms with E-state index in [0.717, 1.165) is 28.9 Å². The summed E-state index contributed by atoms with van der Waals surface area (Å²) in [7, 11) is 1.62. The van der Waals surface area contributed by atoms with Crippen LogP contribution < -0.4 is 24.4 Å². The maximum absolute atomic E-state index is 13.8. The Kier molecular flexibility index (Phi) is 5.66. The predicted octanol–water partition coefficient (Wildman–Crippen LogP) is 4.79. The highest BCUT2D eigenvalue weighted by atomic mass is 32.1. The minimum atomic E-state index is -0.119. The van der Waals surface area contributed by atoms with Crippen LogP contribution in [0, 0.1) is 0 Å². The molecule has 0 spiro atoms. The number of rotatable bonds is 5. The molecule has 7 heteroatoms. The van der Waals surface area contributed by atoms with E-state index in [4.69, 9.17) is 14.5 Å². The lowest BCUT2D eigenvalue weighted by atomic mass is 9.85. The van der Waals surface area contributed by atoms with Crippen LogP contribution in [-0.2, 0) is 6.42 Å². The molecule has 0 amide bonds. The van der Waals surface area contributed by atoms with Gasteiger partial charge in [-0.2, -0.15) is 0 Å². The molecule has 0 saturated heterocycles. The standard InChI is InChI=1S/C28H24N2O3S2/c1-3-33-21-13-10-17(15-22(21)32-2)16-24-27(31)30-26(23-9-6-14-34-23)20-12-11-18-7-4-5-8-19(18)25(20)29-28(30)35-24/h4-10,13-16,26H,3,11-12H2,1-2H3/b24-16+/t26-/m1/s1. The second kappa shape index (κ2) is 8.98. The van der Waals surface area contributed by atoms with E-state index in [2.05, 4.69) is 41.8 Å². The van der Waals surface area contributed by atoms with Gasteiger partial charge >= 0.3 is 0 Å². The average Bonchev–Trinajstić information content (AvgIpc) is 3.52. The molecule has 0 saturated carbocycles. The summed E-state index contributed by atoms with van der Waals surface area (Å²) < 4.78 is 13.7. The third-order valence-corrected chi connectivity index (χ3v) is 8.38. The number of aryl methyl sites for hydroxylation is 1. The first-order chi connectivity index (χ1) is 17.2. The molecule has 5 nitrogen and oxygen atoms in total. The number of fused-ring (bicyclic) bond motifs is 3. The SMILES string of the molecule is CCOc1ccc(/C=c2/sc3n(c2=O)[C@@H](c2cccs2)C2=C(N=3)c3ccccc3CC2)cc1OC. The third kappa shape index (κ3) is 3.75. The van der Waals surface area contributed by atoms with Crippen molar-refractivity contribution in [2.75, 3.05) is 13.7 Å². The van der Waals surface area contributed by atoms with E-state index < -0.39 is 0 Å². The third-order valence-electron chi connectivity index (χ3n) is 6.47. The topological polar surface area (TPSA) is 52.8 Å². The van der Waals surface area contributed by atoms with Crippen LogP contribution in [0.25, 0.3) is 11.8 Å². The minimum absolute atomic E-state index is 0.00888. The maximum Gasteiger partial charge on any atom is 0.271 e. The molecule has 0 fully saturated rings. The van der Waals surface area contributed by atoms with Crippen molar-refractivity contribution < 1.29 is 9.47 Å². The summed E-state index contributed by atoms with van der Waals surface area (Å²) >= 11 is 3.13. The Morgan fingerprint density at radius 2 is 2.00 bits per heavy atom. The van der Waals surface area contributed by atoms with Crippen molar-refractivity contribution in [3.63, 3.8) is 0 Å². The van der Waals surface area contributed by atoms with Gasteiger partial charge in [-0.15, -0.1) is 11.3 Å². The summed E-state index contributed by atoms with van der Waals surface area (Å²) in [5, 5.41) is 2.08. The van der Waals surface area contributed by atoms with Crippen LogP contribution in [0.2, 0.25) is 0 Å². The monoisotopic (exact) mass is 500 g/mol. The van der Waals surface area contributed by atoms with E-state index in [1.807, 2.05) is 35.8 Å². The van der Waals surface area contributed by atoms with Gasteiger partial charge in [0, 0.05) is 10.4 Å². The normalized spacial score (nSPS) is 16.9. The molecule has 3 heterocycles. The lowest BCUT2D eigenvalue weighted by Crippen LogP contribution is -2.38. The van der Waals surface area contributed by atoms with Crippen LogP contribution in [0.5, 0.6) is 11.5 Å². The summed E-state index contributed by atoms with van der Waals surface area (Å²) in [6.07, 6.45) is 3.78. The van der Waals surface area contributed by atoms with Gasteiger partial charge in [0.05, 0.1) is 30.0 Å². The Labute approximate surface area is 210 Å². The number of aromatic nitrogens is 1. The lowest BCUT2D eigenvalue weighted by Gasteiger charge is -2.30. The van der Waals surface area contributed by atoms with Crippen LogP contribution >= 0.6 is 22.7 Å². The van der Waals surface area contributed by atoms with Gasteiger partial charge in [-0.1, -0.05) is 47.7 Å². The number of nitrogens with zero attached hydrogens (tertiary/aromatic N) is 2. The molecule has 0 radical (unpaired) electrons. The zero-order valence-corrected chi connectivity index (χ0v) is 21.1. The van der Waals surface area contributed by atoms with Gasteiger partial charge in [0.25, 0.3) is 5.56 Å². The summed E-state index contributed by atoms with van der Waals surface area (Å²) in [5.74, 6) is 1.34. The smallest absolute Gasteiger partial charge is 0.271 e. The molecule has 0 unspecified atom stereocenters. The van der Waals surface area contributed by atoms with Crippen molar-refractivity contribution in [3.8, 4) is 11.5 Å². The molecule has 2 aliphatic rings. The number of thiophene rings is 1. The second-order valence-corrected chi connectivity index (χ2v) is 10.5. The fraction of sp³-hybridized carbons (Fsp3) is 0.214. The molecule has 35 heavy (non-hydrogen) atoms. The molecule has 2 aromatic heterocycles. The van der Waals surface area contributed by atoms with Gasteiger partial charge in [0.2, 0.25) is 0 Å². The summed E-state index contributed by atoms with van der Waals surface area (Å²) in [6, 6.07) is 18.3. The first kappa shape index (κ1) is 22.1. The van der Waals surface area contributed by atoms with Crippen molar-refractivity contribution in [1.29, 1.82) is 0 Å². The molecule has 2 aromatic carbocycles. The number of allylic oxidation sites excluding steroid dienone is 1. The molecule has 1 aliphatic carbocycles. The average molecular weight is 501 g/mol. The highest BCUT2D eigenvalue weighted by Crippen LogP contribution is 2.42. The van der Waals surface area contributed by atoms with E-state index in [1.165, 1.54) is 32.9 Å². The number of ether oxygens (including phenoxy) is 2. The zero-order chi connectivity index (χ0) is 23.9. The van der Waals surface area contributed by atoms with Crippen molar-refractivity contribution in [2.45, 2.75) is 25.8 Å². The Bertz CT molecular complexity index is 1630. The molecule has 1 atom stereocenters. The van der Waals surface area contributed by atoms with E-state index in [-0.39, 0.29) is 11.6 Å². The Morgan fingerprint density at radius 1 is 1.11 bits per heavy atom. The highest BCUT2D eigenvalue weighted by molar-refractivity contribution is 7.10. The van der Waals surface area contributed by atoms with Crippen LogP contribution in [0.3, 0.4) is 0 Å². The van der Waals surface area contributed by atoms with E-state index in [1.54, 1.807) is 18.4 Å². The number of methoxy groups -OCH3 is 1. The van der Waals surface area contributed by atoms with Crippen molar-refractivity contribution in [2.24, 2.45) is 4.99 Å². The van der Waals surface area contributed by atoms with Gasteiger partial charge < -0.3 is 9.47 Å². The number of thiazole rings is 1. The quantitative estimate of drug-likeness (QED) is 0.396. The Balaban J connectivity index is 1.55.